The van der Waals surface area contributed by atoms with Crippen LogP contribution in [0.4, 0.5) is 5.00 Å². The van der Waals surface area contributed by atoms with E-state index in [1.54, 1.807) is 22.2 Å². The molecular formula is C16H19N3O2S2. The minimum atomic E-state index is -0.306. The van der Waals surface area contributed by atoms with Crippen molar-refractivity contribution in [2.45, 2.75) is 33.1 Å². The molecule has 5 nitrogen and oxygen atoms in total. The number of thiocarbonyl (C=S) groups is 1. The first-order valence-corrected chi connectivity index (χ1v) is 8.77. The van der Waals surface area contributed by atoms with Gasteiger partial charge in [0.1, 0.15) is 5.00 Å². The van der Waals surface area contributed by atoms with E-state index in [0.717, 1.165) is 35.4 Å². The van der Waals surface area contributed by atoms with Gasteiger partial charge in [0.2, 0.25) is 0 Å². The minimum absolute atomic E-state index is 0.306. The Morgan fingerprint density at radius 1 is 1.57 bits per heavy atom. The molecule has 2 aromatic heterocycles. The lowest BCUT2D eigenvalue weighted by molar-refractivity contribution is 0.0601. The van der Waals surface area contributed by atoms with Gasteiger partial charge in [-0.15, -0.1) is 11.3 Å². The van der Waals surface area contributed by atoms with Crippen molar-refractivity contribution in [3.8, 4) is 0 Å². The fourth-order valence-electron chi connectivity index (χ4n) is 2.84. The average molecular weight is 349 g/mol. The first kappa shape index (κ1) is 16.1. The molecule has 1 N–H and O–H groups in total. The molecule has 0 amide bonds. The van der Waals surface area contributed by atoms with Crippen molar-refractivity contribution in [1.82, 2.24) is 9.78 Å². The third-order valence-corrected chi connectivity index (χ3v) is 5.50. The van der Waals surface area contributed by atoms with Crippen LogP contribution in [-0.2, 0) is 17.6 Å². The Bertz CT molecular complexity index is 763. The van der Waals surface area contributed by atoms with Crippen molar-refractivity contribution < 1.29 is 9.53 Å². The second-order valence-electron chi connectivity index (χ2n) is 5.94. The second kappa shape index (κ2) is 6.41. The van der Waals surface area contributed by atoms with Gasteiger partial charge in [-0.05, 0) is 55.4 Å². The van der Waals surface area contributed by atoms with Gasteiger partial charge in [0, 0.05) is 11.1 Å². The maximum Gasteiger partial charge on any atom is 0.341 e. The van der Waals surface area contributed by atoms with Crippen molar-refractivity contribution in [3.63, 3.8) is 0 Å². The molecule has 0 radical (unpaired) electrons. The van der Waals surface area contributed by atoms with Crippen molar-refractivity contribution in [3.05, 3.63) is 34.0 Å². The van der Waals surface area contributed by atoms with Crippen LogP contribution in [0.2, 0.25) is 0 Å². The van der Waals surface area contributed by atoms with E-state index in [4.69, 9.17) is 17.0 Å². The average Bonchev–Trinajstić information content (AvgIpc) is 3.09. The molecule has 0 aliphatic heterocycles. The van der Waals surface area contributed by atoms with Gasteiger partial charge in [0.15, 0.2) is 5.11 Å². The number of aromatic nitrogens is 2. The highest BCUT2D eigenvalue weighted by Gasteiger charge is 2.28. The van der Waals surface area contributed by atoms with Crippen LogP contribution in [0, 0.1) is 12.8 Å². The summed E-state index contributed by atoms with van der Waals surface area (Å²) in [7, 11) is 1.41. The summed E-state index contributed by atoms with van der Waals surface area (Å²) in [5.74, 6) is 0.333. The van der Waals surface area contributed by atoms with Crippen molar-refractivity contribution in [1.29, 1.82) is 0 Å². The number of ether oxygens (including phenoxy) is 1. The molecular weight excluding hydrogens is 330 g/mol. The third-order valence-electron chi connectivity index (χ3n) is 4.04. The van der Waals surface area contributed by atoms with E-state index in [0.29, 0.717) is 16.6 Å². The molecule has 0 spiro atoms. The Balaban J connectivity index is 1.95. The van der Waals surface area contributed by atoms with Crippen LogP contribution in [-0.4, -0.2) is 28.0 Å². The summed E-state index contributed by atoms with van der Waals surface area (Å²) in [5, 5.41) is 8.59. The summed E-state index contributed by atoms with van der Waals surface area (Å²) in [5.41, 5.74) is 2.77. The number of thiophene rings is 1. The van der Waals surface area contributed by atoms with Gasteiger partial charge in [-0.3, -0.25) is 0 Å². The fraction of sp³-hybridized carbons (Fsp3) is 0.438. The molecule has 1 atom stereocenters. The molecule has 0 saturated carbocycles. The number of fused-ring (bicyclic) bond motifs is 1. The van der Waals surface area contributed by atoms with E-state index in [2.05, 4.69) is 17.3 Å². The molecule has 0 unspecified atom stereocenters. The Hall–Kier alpha value is -1.73. The molecule has 0 fully saturated rings. The van der Waals surface area contributed by atoms with Gasteiger partial charge < -0.3 is 10.1 Å². The van der Waals surface area contributed by atoms with Gasteiger partial charge in [-0.25, -0.2) is 9.48 Å². The van der Waals surface area contributed by atoms with Crippen LogP contribution in [0.3, 0.4) is 0 Å². The van der Waals surface area contributed by atoms with E-state index in [1.165, 1.54) is 12.0 Å². The summed E-state index contributed by atoms with van der Waals surface area (Å²) in [6.45, 7) is 4.20. The molecule has 1 aliphatic carbocycles. The zero-order chi connectivity index (χ0) is 16.6. The molecule has 7 heteroatoms. The number of methoxy groups -OCH3 is 1. The minimum Gasteiger partial charge on any atom is -0.465 e. The highest BCUT2D eigenvalue weighted by molar-refractivity contribution is 7.80. The zero-order valence-electron chi connectivity index (χ0n) is 13.4. The lowest BCUT2D eigenvalue weighted by atomic mass is 9.88. The molecule has 122 valence electrons. The summed E-state index contributed by atoms with van der Waals surface area (Å²) in [4.78, 5) is 13.5. The molecule has 3 rings (SSSR count). The third kappa shape index (κ3) is 3.16. The van der Waals surface area contributed by atoms with Crippen molar-refractivity contribution >= 4 is 39.6 Å². The summed E-state index contributed by atoms with van der Waals surface area (Å²) in [6, 6.07) is 0. The van der Waals surface area contributed by atoms with Crippen molar-refractivity contribution in [2.75, 3.05) is 12.4 Å². The van der Waals surface area contributed by atoms with Crippen LogP contribution < -0.4 is 5.32 Å². The molecule has 1 aliphatic rings. The molecule has 2 heterocycles. The summed E-state index contributed by atoms with van der Waals surface area (Å²) < 4.78 is 6.59. The summed E-state index contributed by atoms with van der Waals surface area (Å²) >= 11 is 7.00. The molecule has 0 aromatic carbocycles. The fourth-order valence-corrected chi connectivity index (χ4v) is 4.50. The molecule has 23 heavy (non-hydrogen) atoms. The predicted molar refractivity (Wildman–Crippen MR) is 95.4 cm³/mol. The number of carbonyl (C=O) groups excluding carboxylic acids is 1. The van der Waals surface area contributed by atoms with Crippen LogP contribution in [0.15, 0.2) is 12.4 Å². The quantitative estimate of drug-likeness (QED) is 0.665. The van der Waals surface area contributed by atoms with Crippen LogP contribution in [0.5, 0.6) is 0 Å². The first-order valence-electron chi connectivity index (χ1n) is 7.55. The molecule has 2 aromatic rings. The first-order chi connectivity index (χ1) is 11.0. The SMILES string of the molecule is COC(=O)c1c(NC(=S)n2cc(C)cn2)sc2c1CC[C@@H](C)C2. The van der Waals surface area contributed by atoms with E-state index in [1.807, 2.05) is 13.1 Å². The van der Waals surface area contributed by atoms with Gasteiger partial charge in [-0.2, -0.15) is 5.10 Å². The van der Waals surface area contributed by atoms with Gasteiger partial charge in [0.25, 0.3) is 0 Å². The lowest BCUT2D eigenvalue weighted by Crippen LogP contribution is -2.20. The molecule has 0 saturated heterocycles. The molecule has 0 bridgehead atoms. The Kier molecular flexibility index (Phi) is 4.50. The Morgan fingerprint density at radius 2 is 2.35 bits per heavy atom. The number of nitrogens with one attached hydrogen (secondary N) is 1. The van der Waals surface area contributed by atoms with Gasteiger partial charge >= 0.3 is 5.97 Å². The Morgan fingerprint density at radius 3 is 3.00 bits per heavy atom. The van der Waals surface area contributed by atoms with Crippen LogP contribution in [0.25, 0.3) is 0 Å². The Labute approximate surface area is 144 Å². The maximum atomic E-state index is 12.2. The maximum absolute atomic E-state index is 12.2. The predicted octanol–water partition coefficient (Wildman–Crippen LogP) is 3.41. The van der Waals surface area contributed by atoms with E-state index in [9.17, 15) is 4.79 Å². The highest BCUT2D eigenvalue weighted by Crippen LogP contribution is 2.40. The number of hydrogen-bond donors (Lipinski definition) is 1. The standard InChI is InChI=1S/C16H19N3O2S2/c1-9-4-5-11-12(6-9)23-14(13(11)15(20)21-3)18-16(22)19-8-10(2)7-17-19/h7-9H,4-6H2,1-3H3,(H,18,22)/t9-/m1/s1. The van der Waals surface area contributed by atoms with E-state index in [-0.39, 0.29) is 5.97 Å². The number of nitrogens with zero attached hydrogens (tertiary/aromatic N) is 2. The number of anilines is 1. The smallest absolute Gasteiger partial charge is 0.341 e. The topological polar surface area (TPSA) is 56.1 Å². The van der Waals surface area contributed by atoms with E-state index < -0.39 is 0 Å². The summed E-state index contributed by atoms with van der Waals surface area (Å²) in [6.07, 6.45) is 6.60. The highest BCUT2D eigenvalue weighted by atomic mass is 32.1. The largest absolute Gasteiger partial charge is 0.465 e. The van der Waals surface area contributed by atoms with E-state index >= 15 is 0 Å². The van der Waals surface area contributed by atoms with Gasteiger partial charge in [-0.1, -0.05) is 6.92 Å². The second-order valence-corrected chi connectivity index (χ2v) is 7.43. The van der Waals surface area contributed by atoms with Crippen molar-refractivity contribution in [2.24, 2.45) is 5.92 Å². The normalized spacial score (nSPS) is 16.7. The van der Waals surface area contributed by atoms with Crippen LogP contribution >= 0.6 is 23.6 Å². The number of carbonyl (C=O) groups is 1. The zero-order valence-corrected chi connectivity index (χ0v) is 15.0. The number of esters is 1. The number of aryl methyl sites for hydroxylation is 1. The van der Waals surface area contributed by atoms with Crippen LogP contribution in [0.1, 0.15) is 39.7 Å². The number of hydrogen-bond acceptors (Lipinski definition) is 5. The lowest BCUT2D eigenvalue weighted by Gasteiger charge is -2.18. The number of rotatable bonds is 2. The monoisotopic (exact) mass is 349 g/mol. The van der Waals surface area contributed by atoms with Gasteiger partial charge in [0.05, 0.1) is 18.9 Å².